The van der Waals surface area contributed by atoms with Gasteiger partial charge in [-0.2, -0.15) is 0 Å². The molecule has 0 radical (unpaired) electrons. The molecule has 0 aliphatic carbocycles. The molecule has 1 heterocycles. The second-order valence-corrected chi connectivity index (χ2v) is 3.79. The minimum atomic E-state index is 0.307. The van der Waals surface area contributed by atoms with E-state index in [0.29, 0.717) is 6.42 Å². The third-order valence-electron chi connectivity index (χ3n) is 1.87. The third-order valence-corrected chi connectivity index (χ3v) is 2.77. The molecule has 2 heteroatoms. The molecule has 0 atom stereocenters. The van der Waals surface area contributed by atoms with Crippen molar-refractivity contribution in [2.24, 2.45) is 0 Å². The van der Waals surface area contributed by atoms with Crippen LogP contribution in [0.25, 0.3) is 10.1 Å². The Balaban J connectivity index is 2.35. The maximum atomic E-state index is 10.1. The lowest BCUT2D eigenvalue weighted by Crippen LogP contribution is -1.73. The fourth-order valence-electron chi connectivity index (χ4n) is 1.24. The van der Waals surface area contributed by atoms with Gasteiger partial charge >= 0.3 is 0 Å². The Bertz CT molecular complexity index is 514. The Morgan fingerprint density at radius 1 is 1.36 bits per heavy atom. The lowest BCUT2D eigenvalue weighted by atomic mass is 10.2. The Hall–Kier alpha value is -1.59. The van der Waals surface area contributed by atoms with Crippen LogP contribution in [-0.2, 0) is 4.79 Å². The summed E-state index contributed by atoms with van der Waals surface area (Å²) in [5.74, 6) is 5.74. The van der Waals surface area contributed by atoms with E-state index in [2.05, 4.69) is 29.4 Å². The van der Waals surface area contributed by atoms with Gasteiger partial charge in [-0.3, -0.25) is 0 Å². The molecule has 0 unspecified atom stereocenters. The molecule has 0 aliphatic rings. The van der Waals surface area contributed by atoms with Crippen LogP contribution in [0.2, 0.25) is 0 Å². The van der Waals surface area contributed by atoms with Crippen LogP contribution in [0.1, 0.15) is 12.0 Å². The van der Waals surface area contributed by atoms with E-state index in [1.807, 2.05) is 12.1 Å². The summed E-state index contributed by atoms with van der Waals surface area (Å²) in [6.45, 7) is 0. The van der Waals surface area contributed by atoms with Crippen LogP contribution < -0.4 is 0 Å². The molecule has 0 amide bonds. The Kier molecular flexibility index (Phi) is 2.62. The maximum Gasteiger partial charge on any atom is 0.131 e. The zero-order chi connectivity index (χ0) is 9.80. The molecule has 2 aromatic rings. The number of fused-ring (bicyclic) bond motifs is 1. The highest BCUT2D eigenvalue weighted by Gasteiger charge is 1.94. The van der Waals surface area contributed by atoms with Gasteiger partial charge in [-0.25, -0.2) is 0 Å². The largest absolute Gasteiger partial charge is 0.302 e. The highest BCUT2D eigenvalue weighted by atomic mass is 32.1. The van der Waals surface area contributed by atoms with Gasteiger partial charge in [0.05, 0.1) is 6.42 Å². The molecule has 68 valence electrons. The molecule has 1 aromatic heterocycles. The van der Waals surface area contributed by atoms with E-state index < -0.39 is 0 Å². The molecule has 1 aromatic carbocycles. The highest BCUT2D eigenvalue weighted by Crippen LogP contribution is 2.21. The number of thiophene rings is 1. The van der Waals surface area contributed by atoms with Crippen LogP contribution in [0.3, 0.4) is 0 Å². The molecule has 14 heavy (non-hydrogen) atoms. The number of hydrogen-bond acceptors (Lipinski definition) is 2. The van der Waals surface area contributed by atoms with Crippen molar-refractivity contribution in [3.05, 3.63) is 35.2 Å². The molecule has 0 spiro atoms. The van der Waals surface area contributed by atoms with Gasteiger partial charge in [0.2, 0.25) is 0 Å². The topological polar surface area (TPSA) is 17.1 Å². The van der Waals surface area contributed by atoms with E-state index in [1.165, 1.54) is 10.1 Å². The van der Waals surface area contributed by atoms with Gasteiger partial charge < -0.3 is 4.79 Å². The van der Waals surface area contributed by atoms with Gasteiger partial charge in [0.15, 0.2) is 0 Å². The fraction of sp³-hybridized carbons (Fsp3) is 0.0833. The first kappa shape index (κ1) is 8.98. The van der Waals surface area contributed by atoms with Crippen molar-refractivity contribution in [3.8, 4) is 11.8 Å². The summed E-state index contributed by atoms with van der Waals surface area (Å²) in [5.41, 5.74) is 0.970. The molecule has 0 aliphatic heterocycles. The zero-order valence-electron chi connectivity index (χ0n) is 7.49. The summed E-state index contributed by atoms with van der Waals surface area (Å²) in [4.78, 5) is 10.1. The Morgan fingerprint density at radius 2 is 2.29 bits per heavy atom. The standard InChI is InChI=1S/C12H8OS/c13-7-2-1-3-10-4-5-12-11(9-10)6-8-14-12/h4-9H,2H2. The molecule has 0 fully saturated rings. The zero-order valence-corrected chi connectivity index (χ0v) is 8.30. The van der Waals surface area contributed by atoms with Crippen LogP contribution in [0, 0.1) is 11.8 Å². The normalized spacial score (nSPS) is 9.43. The number of hydrogen-bond donors (Lipinski definition) is 0. The van der Waals surface area contributed by atoms with Crippen molar-refractivity contribution in [3.63, 3.8) is 0 Å². The first-order valence-electron chi connectivity index (χ1n) is 4.30. The van der Waals surface area contributed by atoms with E-state index in [1.54, 1.807) is 11.3 Å². The first-order chi connectivity index (χ1) is 6.90. The molecular formula is C12H8OS. The molecule has 0 saturated heterocycles. The third kappa shape index (κ3) is 1.84. The van der Waals surface area contributed by atoms with E-state index in [-0.39, 0.29) is 0 Å². The van der Waals surface area contributed by atoms with Crippen molar-refractivity contribution >= 4 is 27.7 Å². The molecule has 0 bridgehead atoms. The number of rotatable bonds is 1. The lowest BCUT2D eigenvalue weighted by molar-refractivity contribution is -0.107. The number of benzene rings is 1. The van der Waals surface area contributed by atoms with E-state index in [9.17, 15) is 4.79 Å². The van der Waals surface area contributed by atoms with Crippen LogP contribution >= 0.6 is 11.3 Å². The average Bonchev–Trinajstić information content (AvgIpc) is 2.65. The molecule has 0 N–H and O–H groups in total. The van der Waals surface area contributed by atoms with Crippen molar-refractivity contribution in [2.75, 3.05) is 0 Å². The summed E-state index contributed by atoms with van der Waals surface area (Å²) >= 11 is 1.72. The number of carbonyl (C=O) groups excluding carboxylic acids is 1. The first-order valence-corrected chi connectivity index (χ1v) is 5.18. The van der Waals surface area contributed by atoms with Crippen molar-refractivity contribution in [1.82, 2.24) is 0 Å². The Labute approximate surface area is 86.4 Å². The number of aldehydes is 1. The van der Waals surface area contributed by atoms with Crippen molar-refractivity contribution < 1.29 is 4.79 Å². The summed E-state index contributed by atoms with van der Waals surface area (Å²) in [7, 11) is 0. The van der Waals surface area contributed by atoms with Gasteiger partial charge in [-0.1, -0.05) is 11.8 Å². The predicted octanol–water partition coefficient (Wildman–Crippen LogP) is 2.84. The monoisotopic (exact) mass is 200 g/mol. The average molecular weight is 200 g/mol. The van der Waals surface area contributed by atoms with E-state index in [0.717, 1.165) is 11.8 Å². The molecule has 1 nitrogen and oxygen atoms in total. The van der Waals surface area contributed by atoms with Gasteiger partial charge in [0.25, 0.3) is 0 Å². The smallest absolute Gasteiger partial charge is 0.131 e. The van der Waals surface area contributed by atoms with Gasteiger partial charge in [0.1, 0.15) is 6.29 Å². The minimum Gasteiger partial charge on any atom is -0.302 e. The fourth-order valence-corrected chi connectivity index (χ4v) is 2.01. The van der Waals surface area contributed by atoms with Crippen molar-refractivity contribution in [2.45, 2.75) is 6.42 Å². The second-order valence-electron chi connectivity index (χ2n) is 2.85. The van der Waals surface area contributed by atoms with Crippen LogP contribution in [0.15, 0.2) is 29.6 Å². The van der Waals surface area contributed by atoms with Crippen LogP contribution in [0.4, 0.5) is 0 Å². The lowest BCUT2D eigenvalue weighted by Gasteiger charge is -1.90. The van der Waals surface area contributed by atoms with Crippen LogP contribution in [0.5, 0.6) is 0 Å². The van der Waals surface area contributed by atoms with E-state index >= 15 is 0 Å². The van der Waals surface area contributed by atoms with Gasteiger partial charge in [-0.15, -0.1) is 11.3 Å². The molecule has 2 rings (SSSR count). The Morgan fingerprint density at radius 3 is 3.14 bits per heavy atom. The summed E-state index contributed by atoms with van der Waals surface area (Å²) in [5, 5.41) is 3.28. The minimum absolute atomic E-state index is 0.307. The van der Waals surface area contributed by atoms with Crippen LogP contribution in [-0.4, -0.2) is 6.29 Å². The van der Waals surface area contributed by atoms with E-state index in [4.69, 9.17) is 0 Å². The van der Waals surface area contributed by atoms with Gasteiger partial charge in [-0.05, 0) is 35.0 Å². The highest BCUT2D eigenvalue weighted by molar-refractivity contribution is 7.17. The summed E-state index contributed by atoms with van der Waals surface area (Å²) < 4.78 is 1.27. The quantitative estimate of drug-likeness (QED) is 0.511. The summed E-state index contributed by atoms with van der Waals surface area (Å²) in [6, 6.07) is 8.16. The predicted molar refractivity (Wildman–Crippen MR) is 59.4 cm³/mol. The molecular weight excluding hydrogens is 192 g/mol. The second kappa shape index (κ2) is 4.08. The maximum absolute atomic E-state index is 10.1. The number of carbonyl (C=O) groups is 1. The van der Waals surface area contributed by atoms with Crippen molar-refractivity contribution in [1.29, 1.82) is 0 Å². The molecule has 0 saturated carbocycles. The van der Waals surface area contributed by atoms with Gasteiger partial charge in [0, 0.05) is 10.3 Å². The summed E-state index contributed by atoms with van der Waals surface area (Å²) in [6.07, 6.45) is 1.12. The SMILES string of the molecule is O=CCC#Cc1ccc2sccc2c1.